The van der Waals surface area contributed by atoms with E-state index in [-0.39, 0.29) is 16.8 Å². The third kappa shape index (κ3) is 3.64. The smallest absolute Gasteiger partial charge is 0.315 e. The van der Waals surface area contributed by atoms with Gasteiger partial charge >= 0.3 is 5.69 Å². The van der Waals surface area contributed by atoms with Gasteiger partial charge in [0, 0.05) is 0 Å². The third-order valence-corrected chi connectivity index (χ3v) is 2.67. The summed E-state index contributed by atoms with van der Waals surface area (Å²) in [5.41, 5.74) is -0.472. The molecule has 1 rings (SSSR count). The normalized spacial score (nSPS) is 12.2. The lowest BCUT2D eigenvalue weighted by atomic mass is 10.2. The Morgan fingerprint density at radius 2 is 2.29 bits per heavy atom. The highest BCUT2D eigenvalue weighted by atomic mass is 79.9. The summed E-state index contributed by atoms with van der Waals surface area (Å²) in [7, 11) is 0. The van der Waals surface area contributed by atoms with Crippen molar-refractivity contribution in [1.29, 1.82) is 0 Å². The van der Waals surface area contributed by atoms with Crippen LogP contribution < -0.4 is 4.74 Å². The van der Waals surface area contributed by atoms with Crippen LogP contribution in [0.25, 0.3) is 0 Å². The highest BCUT2D eigenvalue weighted by Gasteiger charge is 2.21. The predicted octanol–water partition coefficient (Wildman–Crippen LogP) is 2.65. The Kier molecular flexibility index (Phi) is 4.83. The molecule has 0 amide bonds. The SMILES string of the molecule is CCC(O)COc1c(Br)cc(F)cc1[N+](=O)[O-]. The molecule has 5 nitrogen and oxygen atoms in total. The minimum atomic E-state index is -0.735. The van der Waals surface area contributed by atoms with E-state index < -0.39 is 22.5 Å². The van der Waals surface area contributed by atoms with Crippen LogP contribution in [-0.4, -0.2) is 22.7 Å². The summed E-state index contributed by atoms with van der Waals surface area (Å²) in [4.78, 5) is 9.98. The van der Waals surface area contributed by atoms with Crippen molar-refractivity contribution < 1.29 is 19.2 Å². The standard InChI is InChI=1S/C10H11BrFNO4/c1-2-7(14)5-17-10-8(11)3-6(12)4-9(10)13(15)16/h3-4,7,14H,2,5H2,1H3. The first kappa shape index (κ1) is 13.9. The van der Waals surface area contributed by atoms with Gasteiger partial charge in [-0.15, -0.1) is 0 Å². The summed E-state index contributed by atoms with van der Waals surface area (Å²) in [6.07, 6.45) is -0.251. The number of nitrogens with zero attached hydrogens (tertiary/aromatic N) is 1. The lowest BCUT2D eigenvalue weighted by Crippen LogP contribution is -2.16. The van der Waals surface area contributed by atoms with Gasteiger partial charge in [0.15, 0.2) is 0 Å². The van der Waals surface area contributed by atoms with Gasteiger partial charge in [0.05, 0.1) is 21.6 Å². The van der Waals surface area contributed by atoms with Crippen molar-refractivity contribution in [3.8, 4) is 5.75 Å². The molecule has 1 atom stereocenters. The molecule has 0 bridgehead atoms. The van der Waals surface area contributed by atoms with Gasteiger partial charge in [0.25, 0.3) is 0 Å². The van der Waals surface area contributed by atoms with Gasteiger partial charge in [0.2, 0.25) is 5.75 Å². The summed E-state index contributed by atoms with van der Waals surface area (Å²) in [5.74, 6) is -0.809. The van der Waals surface area contributed by atoms with Crippen LogP contribution in [0.15, 0.2) is 16.6 Å². The molecule has 0 fully saturated rings. The largest absolute Gasteiger partial charge is 0.483 e. The van der Waals surface area contributed by atoms with E-state index in [0.717, 1.165) is 12.1 Å². The van der Waals surface area contributed by atoms with Crippen LogP contribution in [0.5, 0.6) is 5.75 Å². The number of aliphatic hydroxyl groups excluding tert-OH is 1. The van der Waals surface area contributed by atoms with Crippen molar-refractivity contribution in [1.82, 2.24) is 0 Å². The average molecular weight is 308 g/mol. The van der Waals surface area contributed by atoms with E-state index in [9.17, 15) is 19.6 Å². The first-order chi connectivity index (χ1) is 7.95. The van der Waals surface area contributed by atoms with E-state index in [2.05, 4.69) is 15.9 Å². The summed E-state index contributed by atoms with van der Waals surface area (Å²) >= 11 is 2.99. The van der Waals surface area contributed by atoms with Gasteiger partial charge in [-0.3, -0.25) is 10.1 Å². The summed E-state index contributed by atoms with van der Waals surface area (Å²) in [6.45, 7) is 1.67. The number of nitro benzene ring substituents is 1. The molecule has 0 saturated heterocycles. The number of nitro groups is 1. The maximum Gasteiger partial charge on any atom is 0.315 e. The van der Waals surface area contributed by atoms with Crippen molar-refractivity contribution in [2.45, 2.75) is 19.4 Å². The number of aliphatic hydroxyl groups is 1. The van der Waals surface area contributed by atoms with Crippen LogP contribution in [-0.2, 0) is 0 Å². The average Bonchev–Trinajstić information content (AvgIpc) is 2.26. The number of benzene rings is 1. The molecular formula is C10H11BrFNO4. The molecule has 7 heteroatoms. The molecule has 0 radical (unpaired) electrons. The Morgan fingerprint density at radius 3 is 2.82 bits per heavy atom. The summed E-state index contributed by atoms with van der Waals surface area (Å²) in [6, 6.07) is 1.85. The molecule has 0 heterocycles. The monoisotopic (exact) mass is 307 g/mol. The van der Waals surface area contributed by atoms with Gasteiger partial charge in [0.1, 0.15) is 12.4 Å². The highest BCUT2D eigenvalue weighted by molar-refractivity contribution is 9.10. The number of ether oxygens (including phenoxy) is 1. The van der Waals surface area contributed by atoms with E-state index in [1.165, 1.54) is 0 Å². The lowest BCUT2D eigenvalue weighted by Gasteiger charge is -2.11. The number of hydrogen-bond acceptors (Lipinski definition) is 4. The van der Waals surface area contributed by atoms with Crippen molar-refractivity contribution in [3.05, 3.63) is 32.5 Å². The van der Waals surface area contributed by atoms with E-state index in [1.54, 1.807) is 6.92 Å². The Balaban J connectivity index is 3.00. The fourth-order valence-electron chi connectivity index (χ4n) is 1.12. The molecule has 1 aromatic rings. The number of halogens is 2. The van der Waals surface area contributed by atoms with Gasteiger partial charge < -0.3 is 9.84 Å². The molecule has 0 aromatic heterocycles. The van der Waals surface area contributed by atoms with E-state index in [1.807, 2.05) is 0 Å². The molecule has 94 valence electrons. The molecule has 0 aliphatic heterocycles. The van der Waals surface area contributed by atoms with Crippen molar-refractivity contribution in [2.75, 3.05) is 6.61 Å². The second-order valence-electron chi connectivity index (χ2n) is 3.37. The first-order valence-electron chi connectivity index (χ1n) is 4.90. The Hall–Kier alpha value is -1.21. The molecule has 0 aliphatic carbocycles. The molecule has 1 unspecified atom stereocenters. The van der Waals surface area contributed by atoms with Crippen LogP contribution in [0.3, 0.4) is 0 Å². The van der Waals surface area contributed by atoms with Gasteiger partial charge in [-0.1, -0.05) is 6.92 Å². The van der Waals surface area contributed by atoms with Crippen molar-refractivity contribution >= 4 is 21.6 Å². The minimum absolute atomic E-state index is 0.0797. The molecule has 1 aromatic carbocycles. The van der Waals surface area contributed by atoms with Gasteiger partial charge in [-0.2, -0.15) is 0 Å². The van der Waals surface area contributed by atoms with E-state index >= 15 is 0 Å². The molecule has 1 N–H and O–H groups in total. The molecule has 17 heavy (non-hydrogen) atoms. The second kappa shape index (κ2) is 5.92. The van der Waals surface area contributed by atoms with Crippen molar-refractivity contribution in [3.63, 3.8) is 0 Å². The Morgan fingerprint density at radius 1 is 1.65 bits per heavy atom. The van der Waals surface area contributed by atoms with E-state index in [4.69, 9.17) is 4.74 Å². The quantitative estimate of drug-likeness (QED) is 0.670. The molecule has 0 aliphatic rings. The zero-order valence-electron chi connectivity index (χ0n) is 9.02. The van der Waals surface area contributed by atoms with Crippen molar-refractivity contribution in [2.24, 2.45) is 0 Å². The van der Waals surface area contributed by atoms with Crippen LogP contribution >= 0.6 is 15.9 Å². The van der Waals surface area contributed by atoms with Gasteiger partial charge in [-0.25, -0.2) is 4.39 Å². The fourth-order valence-corrected chi connectivity index (χ4v) is 1.66. The van der Waals surface area contributed by atoms with Crippen LogP contribution in [0, 0.1) is 15.9 Å². The lowest BCUT2D eigenvalue weighted by molar-refractivity contribution is -0.386. The second-order valence-corrected chi connectivity index (χ2v) is 4.22. The Labute approximate surface area is 105 Å². The summed E-state index contributed by atoms with van der Waals surface area (Å²) in [5, 5.41) is 20.0. The van der Waals surface area contributed by atoms with E-state index in [0.29, 0.717) is 6.42 Å². The third-order valence-electron chi connectivity index (χ3n) is 2.08. The molecule has 0 spiro atoms. The van der Waals surface area contributed by atoms with Crippen LogP contribution in [0.2, 0.25) is 0 Å². The fraction of sp³-hybridized carbons (Fsp3) is 0.400. The first-order valence-corrected chi connectivity index (χ1v) is 5.69. The number of hydrogen-bond donors (Lipinski definition) is 1. The minimum Gasteiger partial charge on any atom is -0.483 e. The van der Waals surface area contributed by atoms with Gasteiger partial charge in [-0.05, 0) is 28.4 Å². The zero-order chi connectivity index (χ0) is 13.0. The summed E-state index contributed by atoms with van der Waals surface area (Å²) < 4.78 is 18.3. The molecule has 0 saturated carbocycles. The van der Waals surface area contributed by atoms with Crippen LogP contribution in [0.4, 0.5) is 10.1 Å². The molecular weight excluding hydrogens is 297 g/mol. The Bertz CT molecular complexity index is 427. The van der Waals surface area contributed by atoms with Crippen LogP contribution in [0.1, 0.15) is 13.3 Å². The number of rotatable bonds is 5. The zero-order valence-corrected chi connectivity index (χ0v) is 10.6. The predicted molar refractivity (Wildman–Crippen MR) is 62.5 cm³/mol. The maximum absolute atomic E-state index is 13.0. The topological polar surface area (TPSA) is 72.6 Å². The highest BCUT2D eigenvalue weighted by Crippen LogP contribution is 2.36. The maximum atomic E-state index is 13.0.